The highest BCUT2D eigenvalue weighted by molar-refractivity contribution is 8.03. The zero-order valence-corrected chi connectivity index (χ0v) is 22.5. The van der Waals surface area contributed by atoms with E-state index in [1.54, 1.807) is 25.6 Å². The van der Waals surface area contributed by atoms with Crippen LogP contribution in [0.4, 0.5) is 5.82 Å². The predicted octanol–water partition coefficient (Wildman–Crippen LogP) is 4.42. The number of unbranched alkanes of at least 4 members (excludes halogenated alkanes) is 1. The van der Waals surface area contributed by atoms with E-state index in [-0.39, 0.29) is 12.5 Å². The van der Waals surface area contributed by atoms with Gasteiger partial charge in [-0.15, -0.1) is 17.2 Å². The Balaban J connectivity index is 1.54. The second kappa shape index (κ2) is 13.5. The number of aryl methyl sites for hydroxylation is 3. The van der Waals surface area contributed by atoms with Gasteiger partial charge >= 0.3 is 5.97 Å². The first-order valence-electron chi connectivity index (χ1n) is 12.7. The van der Waals surface area contributed by atoms with Gasteiger partial charge in [-0.2, -0.15) is 0 Å². The van der Waals surface area contributed by atoms with Crippen LogP contribution in [0.2, 0.25) is 0 Å². The number of allylic oxidation sites excluding steroid dienone is 4. The minimum atomic E-state index is -1.06. The van der Waals surface area contributed by atoms with Gasteiger partial charge in [-0.1, -0.05) is 31.2 Å². The van der Waals surface area contributed by atoms with Crippen LogP contribution in [0.1, 0.15) is 63.3 Å². The maximum Gasteiger partial charge on any atom is 0.326 e. The van der Waals surface area contributed by atoms with Crippen LogP contribution in [0, 0.1) is 6.92 Å². The van der Waals surface area contributed by atoms with Crippen LogP contribution in [0.5, 0.6) is 0 Å². The Kier molecular flexibility index (Phi) is 10.4. The fraction of sp³-hybridized carbons (Fsp3) is 0.519. The Morgan fingerprint density at radius 2 is 2.19 bits per heavy atom. The molecule has 1 aromatic heterocycles. The lowest BCUT2D eigenvalue weighted by atomic mass is 10.0. The van der Waals surface area contributed by atoms with Crippen molar-refractivity contribution in [2.75, 3.05) is 17.6 Å². The van der Waals surface area contributed by atoms with E-state index >= 15 is 0 Å². The summed E-state index contributed by atoms with van der Waals surface area (Å²) in [5.74, 6) is 0.836. The first kappa shape index (κ1) is 27.8. The second-order valence-electron chi connectivity index (χ2n) is 9.16. The molecule has 4 N–H and O–H groups in total. The second-order valence-corrected chi connectivity index (χ2v) is 10.5. The Morgan fingerprint density at radius 1 is 1.39 bits per heavy atom. The largest absolute Gasteiger partial charge is 0.480 e. The van der Waals surface area contributed by atoms with E-state index in [9.17, 15) is 14.7 Å². The topological polar surface area (TPSA) is 113 Å². The number of fused-ring (bicyclic) bond motifs is 1. The first-order valence-corrected chi connectivity index (χ1v) is 13.7. The number of carboxylic acid groups (broad SMARTS) is 1. The Labute approximate surface area is 218 Å². The van der Waals surface area contributed by atoms with E-state index in [1.165, 1.54) is 11.1 Å². The third-order valence-corrected chi connectivity index (χ3v) is 7.26. The molecule has 8 nitrogen and oxygen atoms in total. The SMILES string of the molecule is CCS/C(=C\C=C\CCCc1nc2c(cc1C)CCCN2)C[C@H](NC(=O)C1=C(C)ONC1C)C(=O)O. The summed E-state index contributed by atoms with van der Waals surface area (Å²) in [4.78, 5) is 35.5. The van der Waals surface area contributed by atoms with Gasteiger partial charge in [0.25, 0.3) is 5.91 Å². The lowest BCUT2D eigenvalue weighted by molar-refractivity contribution is -0.141. The quantitative estimate of drug-likeness (QED) is 0.240. The molecule has 196 valence electrons. The molecule has 2 aliphatic heterocycles. The van der Waals surface area contributed by atoms with E-state index < -0.39 is 17.9 Å². The van der Waals surface area contributed by atoms with Crippen molar-refractivity contribution in [3.8, 4) is 0 Å². The molecule has 0 spiro atoms. The number of carbonyl (C=O) groups excluding carboxylic acids is 1. The van der Waals surface area contributed by atoms with Crippen LogP contribution in [0.25, 0.3) is 0 Å². The molecule has 1 unspecified atom stereocenters. The zero-order chi connectivity index (χ0) is 26.1. The lowest BCUT2D eigenvalue weighted by Crippen LogP contribution is -2.43. The molecule has 0 bridgehead atoms. The molecular formula is C27H38N4O4S. The van der Waals surface area contributed by atoms with Crippen molar-refractivity contribution in [3.63, 3.8) is 0 Å². The number of thioether (sulfide) groups is 1. The predicted molar refractivity (Wildman–Crippen MR) is 145 cm³/mol. The van der Waals surface area contributed by atoms with E-state index in [2.05, 4.69) is 35.2 Å². The highest BCUT2D eigenvalue weighted by Crippen LogP contribution is 2.24. The number of nitrogens with zero attached hydrogens (tertiary/aromatic N) is 1. The number of hydrogen-bond donors (Lipinski definition) is 4. The van der Waals surface area contributed by atoms with Crippen LogP contribution in [0.15, 0.2) is 40.5 Å². The monoisotopic (exact) mass is 514 g/mol. The molecule has 0 saturated heterocycles. The van der Waals surface area contributed by atoms with Gasteiger partial charge < -0.3 is 20.6 Å². The summed E-state index contributed by atoms with van der Waals surface area (Å²) in [5, 5.41) is 15.8. The molecule has 9 heteroatoms. The van der Waals surface area contributed by atoms with Crippen LogP contribution in [-0.4, -0.2) is 46.3 Å². The molecule has 3 rings (SSSR count). The van der Waals surface area contributed by atoms with Crippen LogP contribution in [0.3, 0.4) is 0 Å². The molecule has 1 amide bonds. The number of amides is 1. The molecule has 0 radical (unpaired) electrons. The van der Waals surface area contributed by atoms with Gasteiger partial charge in [0.2, 0.25) is 0 Å². The van der Waals surface area contributed by atoms with Crippen molar-refractivity contribution < 1.29 is 19.5 Å². The van der Waals surface area contributed by atoms with Gasteiger partial charge in [-0.05, 0) is 74.7 Å². The van der Waals surface area contributed by atoms with E-state index in [4.69, 9.17) is 9.82 Å². The number of aliphatic carboxylic acids is 1. The highest BCUT2D eigenvalue weighted by Gasteiger charge is 2.30. The van der Waals surface area contributed by atoms with Gasteiger partial charge in [0.15, 0.2) is 0 Å². The number of hydrogen-bond acceptors (Lipinski definition) is 7. The normalized spacial score (nSPS) is 18.6. The van der Waals surface area contributed by atoms with Crippen molar-refractivity contribution in [1.29, 1.82) is 0 Å². The number of carbonyl (C=O) groups is 2. The number of nitrogens with one attached hydrogen (secondary N) is 3. The van der Waals surface area contributed by atoms with E-state index in [0.717, 1.165) is 60.8 Å². The van der Waals surface area contributed by atoms with Crippen molar-refractivity contribution in [3.05, 3.63) is 57.4 Å². The number of pyridine rings is 1. The summed E-state index contributed by atoms with van der Waals surface area (Å²) >= 11 is 1.59. The van der Waals surface area contributed by atoms with Crippen molar-refractivity contribution in [2.45, 2.75) is 78.3 Å². The van der Waals surface area contributed by atoms with Crippen molar-refractivity contribution in [2.24, 2.45) is 0 Å². The fourth-order valence-corrected chi connectivity index (χ4v) is 5.23. The Morgan fingerprint density at radius 3 is 2.89 bits per heavy atom. The number of anilines is 1. The molecule has 2 aliphatic rings. The van der Waals surface area contributed by atoms with Gasteiger partial charge in [0.05, 0.1) is 11.6 Å². The smallest absolute Gasteiger partial charge is 0.326 e. The average molecular weight is 515 g/mol. The molecule has 0 aromatic carbocycles. The van der Waals surface area contributed by atoms with Gasteiger partial charge in [0, 0.05) is 18.7 Å². The lowest BCUT2D eigenvalue weighted by Gasteiger charge is -2.19. The Hall–Kier alpha value is -2.78. The average Bonchev–Trinajstić information content (AvgIpc) is 3.18. The summed E-state index contributed by atoms with van der Waals surface area (Å²) < 4.78 is 0. The van der Waals surface area contributed by atoms with Crippen LogP contribution < -0.4 is 16.1 Å². The van der Waals surface area contributed by atoms with E-state index in [0.29, 0.717) is 11.3 Å². The minimum absolute atomic E-state index is 0.226. The Bertz CT molecular complexity index is 1050. The molecular weight excluding hydrogens is 476 g/mol. The van der Waals surface area contributed by atoms with Crippen molar-refractivity contribution in [1.82, 2.24) is 15.8 Å². The first-order chi connectivity index (χ1) is 17.3. The third kappa shape index (κ3) is 7.61. The minimum Gasteiger partial charge on any atom is -0.480 e. The number of aromatic nitrogens is 1. The number of hydroxylamine groups is 1. The summed E-state index contributed by atoms with van der Waals surface area (Å²) in [6.07, 6.45) is 11.3. The van der Waals surface area contributed by atoms with E-state index in [1.807, 2.05) is 19.1 Å². The van der Waals surface area contributed by atoms with Gasteiger partial charge in [0.1, 0.15) is 17.6 Å². The number of carboxylic acids is 1. The molecule has 3 heterocycles. The summed E-state index contributed by atoms with van der Waals surface area (Å²) in [5.41, 5.74) is 6.87. The fourth-order valence-electron chi connectivity index (χ4n) is 4.40. The maximum absolute atomic E-state index is 12.7. The maximum atomic E-state index is 12.7. The molecule has 0 fully saturated rings. The molecule has 0 saturated carbocycles. The standard InChI is InChI=1S/C27H38N4O4S/c1-5-36-21(16-23(27(33)34)30-26(32)24-18(3)31-35-19(24)4)12-8-6-7-9-13-22-17(2)15-20-11-10-14-28-25(20)29-22/h6,8,12,15,18,23,31H,5,7,9-11,13-14,16H2,1-4H3,(H,28,29)(H,30,32)(H,33,34)/b8-6+,21-12-/t18?,23-/m0/s1. The zero-order valence-electron chi connectivity index (χ0n) is 21.6. The summed E-state index contributed by atoms with van der Waals surface area (Å²) in [7, 11) is 0. The molecule has 36 heavy (non-hydrogen) atoms. The third-order valence-electron chi connectivity index (χ3n) is 6.30. The highest BCUT2D eigenvalue weighted by atomic mass is 32.2. The summed E-state index contributed by atoms with van der Waals surface area (Å²) in [6.45, 7) is 8.63. The molecule has 2 atom stereocenters. The molecule has 1 aromatic rings. The van der Waals surface area contributed by atoms with Crippen LogP contribution >= 0.6 is 11.8 Å². The van der Waals surface area contributed by atoms with Crippen molar-refractivity contribution >= 4 is 29.5 Å². The summed E-state index contributed by atoms with van der Waals surface area (Å²) in [6, 6.07) is 0.957. The van der Waals surface area contributed by atoms with Gasteiger partial charge in [-0.25, -0.2) is 9.78 Å². The molecule has 0 aliphatic carbocycles. The van der Waals surface area contributed by atoms with Crippen LogP contribution in [-0.2, 0) is 27.3 Å². The van der Waals surface area contributed by atoms with Gasteiger partial charge in [-0.3, -0.25) is 4.79 Å². The number of rotatable bonds is 12.